The number of aliphatic hydroxyl groups excluding tert-OH is 1. The summed E-state index contributed by atoms with van der Waals surface area (Å²) in [4.78, 5) is 2.42. The highest BCUT2D eigenvalue weighted by Crippen LogP contribution is 2.37. The average Bonchev–Trinajstić information content (AvgIpc) is 3.24. The second-order valence-corrected chi connectivity index (χ2v) is 6.25. The van der Waals surface area contributed by atoms with Crippen molar-refractivity contribution in [2.24, 2.45) is 0 Å². The molecule has 0 saturated heterocycles. The van der Waals surface area contributed by atoms with Gasteiger partial charge in [0.15, 0.2) is 0 Å². The summed E-state index contributed by atoms with van der Waals surface area (Å²) in [5, 5.41) is 18.0. The normalized spacial score (nSPS) is 20.8. The Labute approximate surface area is 121 Å². The number of rotatable bonds is 6. The van der Waals surface area contributed by atoms with Gasteiger partial charge in [0.25, 0.3) is 0 Å². The van der Waals surface area contributed by atoms with Gasteiger partial charge >= 0.3 is 0 Å². The molecule has 0 bridgehead atoms. The SMILES string of the molecule is Cc1nnc(CN(CCO)C2CCCCC2)n1C1CC1. The molecule has 0 unspecified atom stereocenters. The molecule has 112 valence electrons. The largest absolute Gasteiger partial charge is 0.395 e. The fourth-order valence-electron chi connectivity index (χ4n) is 3.48. The van der Waals surface area contributed by atoms with Gasteiger partial charge < -0.3 is 9.67 Å². The van der Waals surface area contributed by atoms with Crippen molar-refractivity contribution in [3.05, 3.63) is 11.6 Å². The van der Waals surface area contributed by atoms with Gasteiger partial charge in [-0.05, 0) is 32.6 Å². The fourth-order valence-corrected chi connectivity index (χ4v) is 3.48. The molecule has 0 aliphatic heterocycles. The van der Waals surface area contributed by atoms with Crippen molar-refractivity contribution < 1.29 is 5.11 Å². The van der Waals surface area contributed by atoms with E-state index in [2.05, 4.69) is 19.7 Å². The van der Waals surface area contributed by atoms with E-state index in [1.165, 1.54) is 44.9 Å². The van der Waals surface area contributed by atoms with Crippen LogP contribution in [-0.4, -0.2) is 44.0 Å². The molecule has 5 nitrogen and oxygen atoms in total. The van der Waals surface area contributed by atoms with Crippen molar-refractivity contribution in [3.63, 3.8) is 0 Å². The second-order valence-electron chi connectivity index (χ2n) is 6.25. The number of aromatic nitrogens is 3. The summed E-state index contributed by atoms with van der Waals surface area (Å²) in [5.74, 6) is 2.12. The molecule has 1 heterocycles. The van der Waals surface area contributed by atoms with Crippen LogP contribution in [0.5, 0.6) is 0 Å². The summed E-state index contributed by atoms with van der Waals surface area (Å²) < 4.78 is 2.31. The molecule has 1 aromatic heterocycles. The lowest BCUT2D eigenvalue weighted by Gasteiger charge is -2.33. The van der Waals surface area contributed by atoms with Crippen molar-refractivity contribution in [2.45, 2.75) is 70.5 Å². The second kappa shape index (κ2) is 6.22. The summed E-state index contributed by atoms with van der Waals surface area (Å²) >= 11 is 0. The Morgan fingerprint density at radius 2 is 1.90 bits per heavy atom. The maximum atomic E-state index is 9.36. The molecular formula is C15H26N4O. The molecule has 1 aromatic rings. The fraction of sp³-hybridized carbons (Fsp3) is 0.867. The van der Waals surface area contributed by atoms with Crippen molar-refractivity contribution in [2.75, 3.05) is 13.2 Å². The molecule has 3 rings (SSSR count). The van der Waals surface area contributed by atoms with Crippen molar-refractivity contribution in [3.8, 4) is 0 Å². The number of hydrogen-bond acceptors (Lipinski definition) is 4. The number of hydrogen-bond donors (Lipinski definition) is 1. The molecular weight excluding hydrogens is 252 g/mol. The van der Waals surface area contributed by atoms with Gasteiger partial charge in [0, 0.05) is 18.6 Å². The van der Waals surface area contributed by atoms with E-state index in [0.717, 1.165) is 24.7 Å². The Morgan fingerprint density at radius 1 is 1.15 bits per heavy atom. The molecule has 2 saturated carbocycles. The molecule has 0 spiro atoms. The van der Waals surface area contributed by atoms with E-state index in [0.29, 0.717) is 12.1 Å². The zero-order valence-corrected chi connectivity index (χ0v) is 12.5. The Balaban J connectivity index is 1.72. The molecule has 2 fully saturated rings. The molecule has 0 atom stereocenters. The zero-order valence-electron chi connectivity index (χ0n) is 12.5. The minimum absolute atomic E-state index is 0.229. The Kier molecular flexibility index (Phi) is 4.36. The van der Waals surface area contributed by atoms with Crippen LogP contribution in [0.3, 0.4) is 0 Å². The van der Waals surface area contributed by atoms with Gasteiger partial charge in [-0.3, -0.25) is 4.90 Å². The zero-order chi connectivity index (χ0) is 13.9. The van der Waals surface area contributed by atoms with E-state index in [9.17, 15) is 5.11 Å². The molecule has 2 aliphatic carbocycles. The van der Waals surface area contributed by atoms with E-state index in [4.69, 9.17) is 0 Å². The van der Waals surface area contributed by atoms with Crippen LogP contribution in [0.1, 0.15) is 62.6 Å². The first-order chi connectivity index (χ1) is 9.79. The van der Waals surface area contributed by atoms with Crippen LogP contribution < -0.4 is 0 Å². The third-order valence-electron chi connectivity index (χ3n) is 4.67. The number of nitrogens with zero attached hydrogens (tertiary/aromatic N) is 4. The third-order valence-corrected chi connectivity index (χ3v) is 4.67. The van der Waals surface area contributed by atoms with Crippen LogP contribution in [0, 0.1) is 6.92 Å². The highest BCUT2D eigenvalue weighted by Gasteiger charge is 2.30. The molecule has 5 heteroatoms. The quantitative estimate of drug-likeness (QED) is 0.865. The third kappa shape index (κ3) is 3.04. The van der Waals surface area contributed by atoms with Crippen LogP contribution >= 0.6 is 0 Å². The first-order valence-electron chi connectivity index (χ1n) is 8.05. The lowest BCUT2D eigenvalue weighted by molar-refractivity contribution is 0.113. The van der Waals surface area contributed by atoms with Crippen LogP contribution in [0.4, 0.5) is 0 Å². The Bertz CT molecular complexity index is 435. The number of aliphatic hydroxyl groups is 1. The Morgan fingerprint density at radius 3 is 2.55 bits per heavy atom. The van der Waals surface area contributed by atoms with Crippen molar-refractivity contribution in [1.29, 1.82) is 0 Å². The summed E-state index contributed by atoms with van der Waals surface area (Å²) in [6.07, 6.45) is 9.04. The predicted molar refractivity (Wildman–Crippen MR) is 77.4 cm³/mol. The van der Waals surface area contributed by atoms with Crippen molar-refractivity contribution >= 4 is 0 Å². The van der Waals surface area contributed by atoms with Crippen LogP contribution in [0.15, 0.2) is 0 Å². The molecule has 0 aromatic carbocycles. The molecule has 0 radical (unpaired) electrons. The smallest absolute Gasteiger partial charge is 0.147 e. The first-order valence-corrected chi connectivity index (χ1v) is 8.05. The lowest BCUT2D eigenvalue weighted by Crippen LogP contribution is -2.39. The highest BCUT2D eigenvalue weighted by molar-refractivity contribution is 5.02. The molecule has 1 N–H and O–H groups in total. The highest BCUT2D eigenvalue weighted by atomic mass is 16.3. The standard InChI is InChI=1S/C15H26N4O/c1-12-16-17-15(19(12)14-7-8-14)11-18(9-10-20)13-5-3-2-4-6-13/h13-14,20H,2-11H2,1H3. The minimum atomic E-state index is 0.229. The van der Waals surface area contributed by atoms with Crippen LogP contribution in [-0.2, 0) is 6.54 Å². The van der Waals surface area contributed by atoms with Gasteiger partial charge in [0.05, 0.1) is 13.2 Å². The van der Waals surface area contributed by atoms with E-state index in [1.54, 1.807) is 0 Å². The van der Waals surface area contributed by atoms with E-state index < -0.39 is 0 Å². The van der Waals surface area contributed by atoms with E-state index in [-0.39, 0.29) is 6.61 Å². The topological polar surface area (TPSA) is 54.2 Å². The summed E-state index contributed by atoms with van der Waals surface area (Å²) in [6.45, 7) is 3.86. The first kappa shape index (κ1) is 14.0. The lowest BCUT2D eigenvalue weighted by atomic mass is 9.94. The van der Waals surface area contributed by atoms with Crippen LogP contribution in [0.2, 0.25) is 0 Å². The monoisotopic (exact) mass is 278 g/mol. The maximum Gasteiger partial charge on any atom is 0.147 e. The molecule has 0 amide bonds. The summed E-state index contributed by atoms with van der Waals surface area (Å²) in [5.41, 5.74) is 0. The van der Waals surface area contributed by atoms with E-state index in [1.807, 2.05) is 6.92 Å². The molecule has 20 heavy (non-hydrogen) atoms. The average molecular weight is 278 g/mol. The van der Waals surface area contributed by atoms with Gasteiger partial charge in [0.2, 0.25) is 0 Å². The maximum absolute atomic E-state index is 9.36. The Hall–Kier alpha value is -0.940. The predicted octanol–water partition coefficient (Wildman–Crippen LogP) is 2.05. The summed E-state index contributed by atoms with van der Waals surface area (Å²) in [6, 6.07) is 1.24. The molecule has 2 aliphatic rings. The minimum Gasteiger partial charge on any atom is -0.395 e. The van der Waals surface area contributed by atoms with Gasteiger partial charge in [-0.2, -0.15) is 0 Å². The van der Waals surface area contributed by atoms with Crippen molar-refractivity contribution in [1.82, 2.24) is 19.7 Å². The van der Waals surface area contributed by atoms with Gasteiger partial charge in [0.1, 0.15) is 11.6 Å². The van der Waals surface area contributed by atoms with E-state index >= 15 is 0 Å². The van der Waals surface area contributed by atoms with Gasteiger partial charge in [-0.15, -0.1) is 10.2 Å². The van der Waals surface area contributed by atoms with Gasteiger partial charge in [-0.25, -0.2) is 0 Å². The van der Waals surface area contributed by atoms with Crippen LogP contribution in [0.25, 0.3) is 0 Å². The van der Waals surface area contributed by atoms with Gasteiger partial charge in [-0.1, -0.05) is 19.3 Å². The number of aryl methyl sites for hydroxylation is 1. The summed E-state index contributed by atoms with van der Waals surface area (Å²) in [7, 11) is 0.